The molecule has 0 saturated carbocycles. The number of hydrogen-bond acceptors (Lipinski definition) is 5. The summed E-state index contributed by atoms with van der Waals surface area (Å²) in [4.78, 5) is 1.67. The molecule has 1 N–H and O–H groups in total. The van der Waals surface area contributed by atoms with Crippen LogP contribution in [-0.4, -0.2) is 13.6 Å². The molecule has 3 aromatic rings. The summed E-state index contributed by atoms with van der Waals surface area (Å²) in [6, 6.07) is 10.4. The van der Waals surface area contributed by atoms with Crippen LogP contribution < -0.4 is 4.72 Å². The van der Waals surface area contributed by atoms with E-state index in [1.807, 2.05) is 13.0 Å². The first-order valence-corrected chi connectivity index (χ1v) is 9.77. The average molecular weight is 413 g/mol. The highest BCUT2D eigenvalue weighted by atomic mass is 79.9. The van der Waals surface area contributed by atoms with Gasteiger partial charge in [0.05, 0.1) is 10.6 Å². The van der Waals surface area contributed by atoms with Gasteiger partial charge in [-0.15, -0.1) is 11.3 Å². The van der Waals surface area contributed by atoms with Crippen molar-refractivity contribution in [1.82, 2.24) is 5.16 Å². The van der Waals surface area contributed by atoms with Crippen molar-refractivity contribution in [3.05, 3.63) is 51.4 Å². The van der Waals surface area contributed by atoms with Gasteiger partial charge >= 0.3 is 0 Å². The molecule has 0 aliphatic carbocycles. The van der Waals surface area contributed by atoms with Gasteiger partial charge in [-0.05, 0) is 38.1 Å². The van der Waals surface area contributed by atoms with E-state index in [1.54, 1.807) is 37.3 Å². The molecule has 2 aromatic heterocycles. The maximum Gasteiger partial charge on any atom is 0.263 e. The minimum Gasteiger partial charge on any atom is -0.355 e. The Labute approximate surface area is 146 Å². The zero-order valence-corrected chi connectivity index (χ0v) is 15.5. The summed E-state index contributed by atoms with van der Waals surface area (Å²) >= 11 is 4.68. The smallest absolute Gasteiger partial charge is 0.263 e. The molecule has 2 heterocycles. The van der Waals surface area contributed by atoms with Gasteiger partial charge in [0.15, 0.2) is 5.76 Å². The molecule has 0 bridgehead atoms. The molecule has 5 nitrogen and oxygen atoms in total. The topological polar surface area (TPSA) is 72.2 Å². The summed E-state index contributed by atoms with van der Waals surface area (Å²) < 4.78 is 33.8. The number of nitrogens with one attached hydrogen (secondary N) is 1. The van der Waals surface area contributed by atoms with Gasteiger partial charge in [0.2, 0.25) is 0 Å². The summed E-state index contributed by atoms with van der Waals surface area (Å²) in [5.41, 5.74) is 1.25. The third-order valence-corrected chi connectivity index (χ3v) is 6.30. The summed E-state index contributed by atoms with van der Waals surface area (Å²) in [6.45, 7) is 3.59. The minimum absolute atomic E-state index is 0.242. The highest BCUT2D eigenvalue weighted by molar-refractivity contribution is 9.10. The fraction of sp³-hybridized carbons (Fsp3) is 0.133. The maximum absolute atomic E-state index is 12.6. The van der Waals surface area contributed by atoms with Crippen molar-refractivity contribution in [2.24, 2.45) is 0 Å². The Morgan fingerprint density at radius 2 is 2.00 bits per heavy atom. The SMILES string of the molecule is Cc1cc(-c2cc(S(=O)(=O)Nc3cccc(Br)c3)c(C)s2)on1. The fourth-order valence-corrected chi connectivity index (χ4v) is 5.08. The van der Waals surface area contributed by atoms with Crippen LogP contribution in [0.25, 0.3) is 10.6 Å². The van der Waals surface area contributed by atoms with Crippen LogP contribution in [0.5, 0.6) is 0 Å². The highest BCUT2D eigenvalue weighted by Gasteiger charge is 2.22. The van der Waals surface area contributed by atoms with E-state index in [9.17, 15) is 8.42 Å². The second kappa shape index (κ2) is 6.10. The maximum atomic E-state index is 12.6. The molecule has 0 spiro atoms. The molecular formula is C15H13BrN2O3S2. The van der Waals surface area contributed by atoms with E-state index in [-0.39, 0.29) is 4.90 Å². The monoisotopic (exact) mass is 412 g/mol. The zero-order chi connectivity index (χ0) is 16.6. The number of sulfonamides is 1. The summed E-state index contributed by atoms with van der Waals surface area (Å²) in [6.07, 6.45) is 0. The first-order valence-electron chi connectivity index (χ1n) is 6.68. The molecule has 1 aromatic carbocycles. The van der Waals surface area contributed by atoms with Crippen molar-refractivity contribution in [3.8, 4) is 10.6 Å². The van der Waals surface area contributed by atoms with Gasteiger partial charge < -0.3 is 4.52 Å². The van der Waals surface area contributed by atoms with Gasteiger partial charge in [-0.3, -0.25) is 4.72 Å². The number of rotatable bonds is 4. The molecule has 120 valence electrons. The van der Waals surface area contributed by atoms with Crippen molar-refractivity contribution >= 4 is 43.0 Å². The van der Waals surface area contributed by atoms with E-state index in [0.717, 1.165) is 15.0 Å². The lowest BCUT2D eigenvalue weighted by Crippen LogP contribution is -2.13. The average Bonchev–Trinajstić information content (AvgIpc) is 3.04. The van der Waals surface area contributed by atoms with Gasteiger partial charge in [-0.1, -0.05) is 27.2 Å². The van der Waals surface area contributed by atoms with Gasteiger partial charge in [0, 0.05) is 21.1 Å². The molecule has 23 heavy (non-hydrogen) atoms. The quantitative estimate of drug-likeness (QED) is 0.680. The molecule has 0 saturated heterocycles. The summed E-state index contributed by atoms with van der Waals surface area (Å²) in [7, 11) is -3.66. The molecular weight excluding hydrogens is 400 g/mol. The first-order chi connectivity index (χ1) is 10.8. The number of nitrogens with zero attached hydrogens (tertiary/aromatic N) is 1. The van der Waals surface area contributed by atoms with Gasteiger partial charge in [-0.25, -0.2) is 8.42 Å². The number of hydrogen-bond donors (Lipinski definition) is 1. The van der Waals surface area contributed by atoms with Crippen LogP contribution in [0.2, 0.25) is 0 Å². The molecule has 0 amide bonds. The lowest BCUT2D eigenvalue weighted by atomic mass is 10.3. The zero-order valence-electron chi connectivity index (χ0n) is 12.3. The molecule has 0 atom stereocenters. The second-order valence-electron chi connectivity index (χ2n) is 4.98. The van der Waals surface area contributed by atoms with Gasteiger partial charge in [0.25, 0.3) is 10.0 Å². The van der Waals surface area contributed by atoms with E-state index >= 15 is 0 Å². The standard InChI is InChI=1S/C15H13BrN2O3S2/c1-9-6-13(21-17-9)14-8-15(10(2)22-14)23(19,20)18-12-5-3-4-11(16)7-12/h3-8,18H,1-2H3. The Hall–Kier alpha value is -1.64. The van der Waals surface area contributed by atoms with Crippen LogP contribution in [0.15, 0.2) is 50.3 Å². The number of aromatic nitrogens is 1. The third kappa shape index (κ3) is 3.49. The van der Waals surface area contributed by atoms with Crippen molar-refractivity contribution in [2.45, 2.75) is 18.7 Å². The number of benzene rings is 1. The van der Waals surface area contributed by atoms with Gasteiger partial charge in [-0.2, -0.15) is 0 Å². The van der Waals surface area contributed by atoms with Crippen LogP contribution in [0, 0.1) is 13.8 Å². The minimum atomic E-state index is -3.66. The fourth-order valence-electron chi connectivity index (χ4n) is 2.10. The van der Waals surface area contributed by atoms with Crippen LogP contribution in [0.4, 0.5) is 5.69 Å². The number of aryl methyl sites for hydroxylation is 2. The molecule has 0 unspecified atom stereocenters. The Morgan fingerprint density at radius 1 is 1.22 bits per heavy atom. The summed E-state index contributed by atoms with van der Waals surface area (Å²) in [5.74, 6) is 0.569. The molecule has 0 aliphatic heterocycles. The Bertz CT molecular complexity index is 961. The summed E-state index contributed by atoms with van der Waals surface area (Å²) in [5, 5.41) is 3.83. The van der Waals surface area contributed by atoms with E-state index in [1.165, 1.54) is 11.3 Å². The van der Waals surface area contributed by atoms with Crippen LogP contribution >= 0.6 is 27.3 Å². The number of anilines is 1. The van der Waals surface area contributed by atoms with Crippen LogP contribution in [0.1, 0.15) is 10.6 Å². The van der Waals surface area contributed by atoms with Crippen molar-refractivity contribution in [3.63, 3.8) is 0 Å². The Balaban J connectivity index is 1.95. The highest BCUT2D eigenvalue weighted by Crippen LogP contribution is 2.34. The predicted molar refractivity (Wildman–Crippen MR) is 94.2 cm³/mol. The molecule has 3 rings (SSSR count). The lowest BCUT2D eigenvalue weighted by Gasteiger charge is -2.07. The van der Waals surface area contributed by atoms with Crippen molar-refractivity contribution in [2.75, 3.05) is 4.72 Å². The van der Waals surface area contributed by atoms with Crippen molar-refractivity contribution in [1.29, 1.82) is 0 Å². The molecule has 8 heteroatoms. The largest absolute Gasteiger partial charge is 0.355 e. The predicted octanol–water partition coefficient (Wildman–Crippen LogP) is 4.58. The molecule has 0 aliphatic rings. The molecule has 0 fully saturated rings. The van der Waals surface area contributed by atoms with Gasteiger partial charge in [0.1, 0.15) is 4.90 Å². The Kier molecular flexibility index (Phi) is 4.31. The lowest BCUT2D eigenvalue weighted by molar-refractivity contribution is 0.428. The number of halogens is 1. The van der Waals surface area contributed by atoms with E-state index in [2.05, 4.69) is 25.8 Å². The number of thiophene rings is 1. The van der Waals surface area contributed by atoms with E-state index in [4.69, 9.17) is 4.52 Å². The Morgan fingerprint density at radius 3 is 2.65 bits per heavy atom. The van der Waals surface area contributed by atoms with Crippen molar-refractivity contribution < 1.29 is 12.9 Å². The van der Waals surface area contributed by atoms with E-state index in [0.29, 0.717) is 16.3 Å². The second-order valence-corrected chi connectivity index (χ2v) is 8.80. The first kappa shape index (κ1) is 16.2. The van der Waals surface area contributed by atoms with Crippen LogP contribution in [-0.2, 0) is 10.0 Å². The molecule has 0 radical (unpaired) electrons. The van der Waals surface area contributed by atoms with E-state index < -0.39 is 10.0 Å². The third-order valence-electron chi connectivity index (χ3n) is 3.11. The van der Waals surface area contributed by atoms with Crippen LogP contribution in [0.3, 0.4) is 0 Å². The normalized spacial score (nSPS) is 11.6.